The van der Waals surface area contributed by atoms with Crippen molar-refractivity contribution in [3.63, 3.8) is 0 Å². The van der Waals surface area contributed by atoms with Gasteiger partial charge < -0.3 is 5.32 Å². The van der Waals surface area contributed by atoms with E-state index in [-0.39, 0.29) is 11.9 Å². The van der Waals surface area contributed by atoms with Gasteiger partial charge in [0.05, 0.1) is 15.9 Å². The van der Waals surface area contributed by atoms with Crippen LogP contribution in [0.5, 0.6) is 0 Å². The number of carbonyl (C=O) groups excluding carboxylic acids is 1. The Morgan fingerprint density at radius 1 is 1.29 bits per heavy atom. The standard InChI is InChI=1S/C18H21N3OS2/c1-12-17(13-6-8-21(12)9-7-13)20-18(22)14-2-4-15(5-3-14)24-16-10-19-11-23-16/h2-5,10-13,17H,6-9H2,1H3,(H,20,22)/t12-,17-/m0/s1. The molecule has 4 heterocycles. The van der Waals surface area contributed by atoms with Gasteiger partial charge in [-0.3, -0.25) is 14.7 Å². The SMILES string of the molecule is C[C@H]1[C@H](NC(=O)c2ccc(Sc3cncs3)cc2)C2CCN1CC2. The van der Waals surface area contributed by atoms with Gasteiger partial charge in [-0.05, 0) is 63.0 Å². The van der Waals surface area contributed by atoms with E-state index in [1.165, 1.54) is 25.9 Å². The Morgan fingerprint density at radius 3 is 2.67 bits per heavy atom. The van der Waals surface area contributed by atoms with E-state index in [0.29, 0.717) is 12.0 Å². The number of carbonyl (C=O) groups is 1. The zero-order chi connectivity index (χ0) is 16.5. The van der Waals surface area contributed by atoms with Crippen LogP contribution in [0, 0.1) is 5.92 Å². The van der Waals surface area contributed by atoms with Gasteiger partial charge in [0.15, 0.2) is 0 Å². The predicted octanol–water partition coefficient (Wildman–Crippen LogP) is 3.51. The third-order valence-corrected chi connectivity index (χ3v) is 7.14. The van der Waals surface area contributed by atoms with Crippen LogP contribution in [0.25, 0.3) is 0 Å². The van der Waals surface area contributed by atoms with Crippen LogP contribution >= 0.6 is 23.1 Å². The quantitative estimate of drug-likeness (QED) is 0.907. The number of fused-ring (bicyclic) bond motifs is 3. The van der Waals surface area contributed by atoms with Crippen molar-refractivity contribution in [2.45, 2.75) is 41.0 Å². The Hall–Kier alpha value is -1.37. The van der Waals surface area contributed by atoms with Crippen molar-refractivity contribution < 1.29 is 4.79 Å². The van der Waals surface area contributed by atoms with E-state index in [9.17, 15) is 4.79 Å². The molecule has 24 heavy (non-hydrogen) atoms. The number of piperidine rings is 3. The Kier molecular flexibility index (Phi) is 4.61. The molecule has 6 heteroatoms. The molecule has 4 nitrogen and oxygen atoms in total. The lowest BCUT2D eigenvalue weighted by Crippen LogP contribution is -2.62. The summed E-state index contributed by atoms with van der Waals surface area (Å²) in [6, 6.07) is 8.60. The molecule has 2 atom stereocenters. The number of aromatic nitrogens is 1. The second-order valence-electron chi connectivity index (χ2n) is 6.56. The third-order valence-electron chi connectivity index (χ3n) is 5.22. The lowest BCUT2D eigenvalue weighted by Gasteiger charge is -2.49. The molecule has 3 saturated heterocycles. The zero-order valence-electron chi connectivity index (χ0n) is 13.6. The number of hydrogen-bond donors (Lipinski definition) is 1. The minimum absolute atomic E-state index is 0.0509. The molecule has 0 spiro atoms. The summed E-state index contributed by atoms with van der Waals surface area (Å²) < 4.78 is 1.16. The van der Waals surface area contributed by atoms with E-state index in [1.807, 2.05) is 36.0 Å². The van der Waals surface area contributed by atoms with E-state index >= 15 is 0 Å². The smallest absolute Gasteiger partial charge is 0.251 e. The number of nitrogens with zero attached hydrogens (tertiary/aromatic N) is 2. The average Bonchev–Trinajstić information content (AvgIpc) is 3.12. The molecule has 1 aromatic heterocycles. The van der Waals surface area contributed by atoms with Gasteiger partial charge in [-0.1, -0.05) is 11.8 Å². The maximum absolute atomic E-state index is 12.6. The lowest BCUT2D eigenvalue weighted by atomic mass is 9.79. The van der Waals surface area contributed by atoms with Crippen molar-refractivity contribution >= 4 is 29.0 Å². The highest BCUT2D eigenvalue weighted by molar-refractivity contribution is 8.01. The molecule has 0 radical (unpaired) electrons. The molecular weight excluding hydrogens is 338 g/mol. The van der Waals surface area contributed by atoms with E-state index in [4.69, 9.17) is 0 Å². The molecule has 2 aromatic rings. The average molecular weight is 360 g/mol. The highest BCUT2D eigenvalue weighted by Crippen LogP contribution is 2.33. The third kappa shape index (κ3) is 3.23. The molecule has 0 aliphatic carbocycles. The molecule has 0 saturated carbocycles. The van der Waals surface area contributed by atoms with Crippen molar-refractivity contribution in [3.8, 4) is 0 Å². The fraction of sp³-hybridized carbons (Fsp3) is 0.444. The van der Waals surface area contributed by atoms with Gasteiger partial charge in [-0.2, -0.15) is 0 Å². The van der Waals surface area contributed by atoms with Crippen molar-refractivity contribution in [1.82, 2.24) is 15.2 Å². The van der Waals surface area contributed by atoms with Gasteiger partial charge in [-0.25, -0.2) is 0 Å². The first kappa shape index (κ1) is 16.1. The van der Waals surface area contributed by atoms with Gasteiger partial charge in [0.1, 0.15) is 0 Å². The molecule has 126 valence electrons. The maximum atomic E-state index is 12.6. The van der Waals surface area contributed by atoms with Crippen LogP contribution in [0.4, 0.5) is 0 Å². The largest absolute Gasteiger partial charge is 0.347 e. The summed E-state index contributed by atoms with van der Waals surface area (Å²) in [4.78, 5) is 20.3. The molecular formula is C18H21N3OS2. The molecule has 1 aromatic carbocycles. The highest BCUT2D eigenvalue weighted by Gasteiger charge is 2.40. The van der Waals surface area contributed by atoms with Gasteiger partial charge in [0.25, 0.3) is 5.91 Å². The lowest BCUT2D eigenvalue weighted by molar-refractivity contribution is 0.0217. The van der Waals surface area contributed by atoms with E-state index in [1.54, 1.807) is 23.1 Å². The Balaban J connectivity index is 1.41. The van der Waals surface area contributed by atoms with Gasteiger partial charge in [0, 0.05) is 22.5 Å². The van der Waals surface area contributed by atoms with Gasteiger partial charge in [0.2, 0.25) is 0 Å². The molecule has 3 aliphatic heterocycles. The summed E-state index contributed by atoms with van der Waals surface area (Å²) in [5.74, 6) is 0.685. The summed E-state index contributed by atoms with van der Waals surface area (Å²) in [5, 5.41) is 3.29. The maximum Gasteiger partial charge on any atom is 0.251 e. The van der Waals surface area contributed by atoms with Gasteiger partial charge >= 0.3 is 0 Å². The fourth-order valence-electron chi connectivity index (χ4n) is 3.82. The van der Waals surface area contributed by atoms with Crippen LogP contribution in [-0.2, 0) is 0 Å². The second kappa shape index (κ2) is 6.86. The molecule has 0 unspecified atom stereocenters. The Bertz CT molecular complexity index is 692. The first-order valence-corrected chi connectivity index (χ1v) is 10.1. The number of thiazole rings is 1. The van der Waals surface area contributed by atoms with Crippen molar-refractivity contribution in [3.05, 3.63) is 41.5 Å². The normalized spacial score (nSPS) is 28.7. The summed E-state index contributed by atoms with van der Waals surface area (Å²) in [5.41, 5.74) is 2.58. The van der Waals surface area contributed by atoms with Gasteiger partial charge in [-0.15, -0.1) is 11.3 Å². The topological polar surface area (TPSA) is 45.2 Å². The minimum Gasteiger partial charge on any atom is -0.347 e. The number of nitrogens with one attached hydrogen (secondary N) is 1. The molecule has 5 rings (SSSR count). The van der Waals surface area contributed by atoms with Crippen LogP contribution in [0.3, 0.4) is 0 Å². The van der Waals surface area contributed by atoms with Crippen molar-refractivity contribution in [1.29, 1.82) is 0 Å². The first-order chi connectivity index (χ1) is 11.7. The molecule has 3 fully saturated rings. The highest BCUT2D eigenvalue weighted by atomic mass is 32.2. The Morgan fingerprint density at radius 2 is 2.04 bits per heavy atom. The number of amides is 1. The number of hydrogen-bond acceptors (Lipinski definition) is 5. The van der Waals surface area contributed by atoms with Crippen LogP contribution in [0.2, 0.25) is 0 Å². The van der Waals surface area contributed by atoms with Crippen molar-refractivity contribution in [2.75, 3.05) is 13.1 Å². The summed E-state index contributed by atoms with van der Waals surface area (Å²) >= 11 is 3.30. The van der Waals surface area contributed by atoms with Crippen LogP contribution in [0.1, 0.15) is 30.1 Å². The molecule has 1 amide bonds. The van der Waals surface area contributed by atoms with Crippen molar-refractivity contribution in [2.24, 2.45) is 5.92 Å². The van der Waals surface area contributed by atoms with E-state index in [0.717, 1.165) is 14.7 Å². The monoisotopic (exact) mass is 359 g/mol. The number of benzene rings is 1. The van der Waals surface area contributed by atoms with Crippen LogP contribution < -0.4 is 5.32 Å². The van der Waals surface area contributed by atoms with E-state index in [2.05, 4.69) is 22.1 Å². The first-order valence-electron chi connectivity index (χ1n) is 8.42. The van der Waals surface area contributed by atoms with E-state index < -0.39 is 0 Å². The van der Waals surface area contributed by atoms with Crippen LogP contribution in [0.15, 0.2) is 45.1 Å². The molecule has 2 bridgehead atoms. The number of rotatable bonds is 4. The summed E-state index contributed by atoms with van der Waals surface area (Å²) in [6.07, 6.45) is 4.28. The summed E-state index contributed by atoms with van der Waals surface area (Å²) in [7, 11) is 0. The Labute approximate surface area is 150 Å². The minimum atomic E-state index is 0.0509. The molecule has 1 N–H and O–H groups in total. The molecule has 3 aliphatic rings. The second-order valence-corrected chi connectivity index (χ2v) is 8.82. The zero-order valence-corrected chi connectivity index (χ0v) is 15.3. The fourth-order valence-corrected chi connectivity index (χ4v) is 5.40. The predicted molar refractivity (Wildman–Crippen MR) is 97.7 cm³/mol. The summed E-state index contributed by atoms with van der Waals surface area (Å²) in [6.45, 7) is 4.61. The van der Waals surface area contributed by atoms with Crippen LogP contribution in [-0.4, -0.2) is 41.0 Å².